The Hall–Kier alpha value is -2.16. The van der Waals surface area contributed by atoms with E-state index in [0.717, 1.165) is 0 Å². The first-order valence-corrected chi connectivity index (χ1v) is 8.99. The van der Waals surface area contributed by atoms with Crippen LogP contribution >= 0.6 is 12.4 Å². The number of nitrogens with two attached hydrogens (primary N) is 1. The van der Waals surface area contributed by atoms with Crippen LogP contribution in [0, 0.1) is 23.7 Å². The number of aliphatic hydroxyl groups excluding tert-OH is 3. The SMILES string of the molecule is Cl.NC(=O)C1C(=O)C2(O)C(=O)C3=C(O)C4=C(O)C=CCC4CC3CC2CC1O. The summed E-state index contributed by atoms with van der Waals surface area (Å²) in [5.74, 6) is -6.81. The van der Waals surface area contributed by atoms with E-state index in [4.69, 9.17) is 5.73 Å². The summed E-state index contributed by atoms with van der Waals surface area (Å²) in [6.45, 7) is 0. The Labute approximate surface area is 166 Å². The van der Waals surface area contributed by atoms with Crippen molar-refractivity contribution in [2.45, 2.75) is 37.4 Å². The highest BCUT2D eigenvalue weighted by Gasteiger charge is 2.64. The van der Waals surface area contributed by atoms with E-state index < -0.39 is 52.7 Å². The second-order valence-electron chi connectivity index (χ2n) is 7.90. The van der Waals surface area contributed by atoms with Crippen molar-refractivity contribution in [2.75, 3.05) is 0 Å². The van der Waals surface area contributed by atoms with Gasteiger partial charge in [-0.15, -0.1) is 12.4 Å². The van der Waals surface area contributed by atoms with E-state index in [9.17, 15) is 34.8 Å². The van der Waals surface area contributed by atoms with E-state index in [-0.39, 0.29) is 48.1 Å². The molecule has 0 aromatic carbocycles. The lowest BCUT2D eigenvalue weighted by atomic mass is 9.55. The van der Waals surface area contributed by atoms with Crippen LogP contribution in [0.4, 0.5) is 0 Å². The fraction of sp³-hybridized carbons (Fsp3) is 0.526. The Balaban J connectivity index is 0.00000225. The summed E-state index contributed by atoms with van der Waals surface area (Å²) in [5.41, 5.74) is 2.84. The Morgan fingerprint density at radius 1 is 1.11 bits per heavy atom. The van der Waals surface area contributed by atoms with Gasteiger partial charge >= 0.3 is 0 Å². The highest BCUT2D eigenvalue weighted by molar-refractivity contribution is 6.23. The van der Waals surface area contributed by atoms with E-state index in [1.807, 2.05) is 0 Å². The summed E-state index contributed by atoms with van der Waals surface area (Å²) < 4.78 is 0. The molecular weight excluding hydrogens is 390 g/mol. The highest BCUT2D eigenvalue weighted by Crippen LogP contribution is 2.52. The monoisotopic (exact) mass is 411 g/mol. The van der Waals surface area contributed by atoms with Crippen LogP contribution in [0.5, 0.6) is 0 Å². The zero-order chi connectivity index (χ0) is 19.7. The van der Waals surface area contributed by atoms with Crippen molar-refractivity contribution in [3.63, 3.8) is 0 Å². The first kappa shape index (κ1) is 20.6. The molecule has 6 atom stereocenters. The predicted molar refractivity (Wildman–Crippen MR) is 98.3 cm³/mol. The van der Waals surface area contributed by atoms with E-state index >= 15 is 0 Å². The molecule has 6 unspecified atom stereocenters. The first-order valence-electron chi connectivity index (χ1n) is 8.99. The van der Waals surface area contributed by atoms with Gasteiger partial charge in [0.05, 0.1) is 6.10 Å². The molecule has 4 aliphatic carbocycles. The molecule has 4 rings (SSSR count). The van der Waals surface area contributed by atoms with Crippen molar-refractivity contribution in [2.24, 2.45) is 29.4 Å². The Kier molecular flexibility index (Phi) is 4.94. The van der Waals surface area contributed by atoms with Crippen molar-refractivity contribution < 1.29 is 34.8 Å². The molecule has 4 aliphatic rings. The number of rotatable bonds is 1. The topological polar surface area (TPSA) is 158 Å². The maximum atomic E-state index is 13.1. The van der Waals surface area contributed by atoms with Gasteiger partial charge in [-0.1, -0.05) is 6.08 Å². The normalized spacial score (nSPS) is 39.7. The third kappa shape index (κ3) is 2.55. The third-order valence-corrected chi connectivity index (χ3v) is 6.49. The predicted octanol–water partition coefficient (Wildman–Crippen LogP) is 0.384. The maximum Gasteiger partial charge on any atom is 0.230 e. The smallest absolute Gasteiger partial charge is 0.230 e. The molecule has 2 fully saturated rings. The number of amides is 1. The number of hydrogen-bond donors (Lipinski definition) is 5. The molecule has 0 saturated heterocycles. The average molecular weight is 412 g/mol. The molecule has 0 heterocycles. The Bertz CT molecular complexity index is 860. The van der Waals surface area contributed by atoms with Gasteiger partial charge in [0.15, 0.2) is 11.4 Å². The standard InChI is InChI=1S/C19H21NO7.ClH/c20-18(26)14-11(22)6-9-5-8-4-7-2-1-3-10(21)12(7)15(23)13(8)16(24)19(9,27)17(14)25;/h1,3,7-9,11,14,21-23,27H,2,4-6H2,(H2,20,26);1H. The third-order valence-electron chi connectivity index (χ3n) is 6.49. The van der Waals surface area contributed by atoms with Crippen molar-refractivity contribution in [1.82, 2.24) is 0 Å². The van der Waals surface area contributed by atoms with Crippen molar-refractivity contribution >= 4 is 29.9 Å². The molecule has 8 nitrogen and oxygen atoms in total. The van der Waals surface area contributed by atoms with Gasteiger partial charge in [0, 0.05) is 17.1 Å². The average Bonchev–Trinajstić information content (AvgIpc) is 2.57. The number of Topliss-reactive ketones (excluding diaryl/α,β-unsaturated/α-hetero) is 2. The van der Waals surface area contributed by atoms with Gasteiger partial charge in [-0.25, -0.2) is 0 Å². The summed E-state index contributed by atoms with van der Waals surface area (Å²) in [5, 5.41) is 42.0. The fourth-order valence-corrected chi connectivity index (χ4v) is 5.24. The Morgan fingerprint density at radius 3 is 2.43 bits per heavy atom. The van der Waals surface area contributed by atoms with Crippen LogP contribution in [0.3, 0.4) is 0 Å². The second-order valence-corrected chi connectivity index (χ2v) is 7.90. The number of fused-ring (bicyclic) bond motifs is 3. The van der Waals surface area contributed by atoms with E-state index in [1.165, 1.54) is 6.08 Å². The van der Waals surface area contributed by atoms with Crippen LogP contribution in [0.25, 0.3) is 0 Å². The largest absolute Gasteiger partial charge is 0.508 e. The number of carbonyl (C=O) groups is 3. The molecule has 0 bridgehead atoms. The van der Waals surface area contributed by atoms with Crippen LogP contribution < -0.4 is 5.73 Å². The molecule has 2 saturated carbocycles. The summed E-state index contributed by atoms with van der Waals surface area (Å²) >= 11 is 0. The molecular formula is C19H22ClNO7. The molecule has 0 aliphatic heterocycles. The molecule has 0 aromatic rings. The highest BCUT2D eigenvalue weighted by atomic mass is 35.5. The van der Waals surface area contributed by atoms with Crippen LogP contribution in [0.2, 0.25) is 0 Å². The second kappa shape index (κ2) is 6.72. The van der Waals surface area contributed by atoms with Gasteiger partial charge in [0.2, 0.25) is 11.7 Å². The van der Waals surface area contributed by atoms with Gasteiger partial charge in [-0.3, -0.25) is 14.4 Å². The quantitative estimate of drug-likeness (QED) is 0.390. The molecule has 6 N–H and O–H groups in total. The van der Waals surface area contributed by atoms with Crippen LogP contribution in [0.1, 0.15) is 25.7 Å². The molecule has 9 heteroatoms. The number of ketones is 2. The zero-order valence-corrected chi connectivity index (χ0v) is 15.7. The minimum atomic E-state index is -2.51. The minimum absolute atomic E-state index is 0. The summed E-state index contributed by atoms with van der Waals surface area (Å²) in [6, 6.07) is 0. The lowest BCUT2D eigenvalue weighted by Crippen LogP contribution is -2.66. The van der Waals surface area contributed by atoms with Crippen molar-refractivity contribution in [3.05, 3.63) is 34.8 Å². The van der Waals surface area contributed by atoms with Gasteiger partial charge < -0.3 is 26.2 Å². The number of halogens is 1. The zero-order valence-electron chi connectivity index (χ0n) is 14.9. The van der Waals surface area contributed by atoms with Gasteiger partial charge in [0.25, 0.3) is 0 Å². The number of carbonyl (C=O) groups excluding carboxylic acids is 3. The van der Waals surface area contributed by atoms with E-state index in [2.05, 4.69) is 0 Å². The van der Waals surface area contributed by atoms with Crippen molar-refractivity contribution in [1.29, 1.82) is 0 Å². The number of allylic oxidation sites excluding steroid dienone is 3. The number of aliphatic hydroxyl groups is 4. The van der Waals surface area contributed by atoms with E-state index in [0.29, 0.717) is 12.8 Å². The molecule has 0 radical (unpaired) electrons. The molecule has 0 spiro atoms. The summed E-state index contributed by atoms with van der Waals surface area (Å²) in [4.78, 5) is 37.5. The summed E-state index contributed by atoms with van der Waals surface area (Å²) in [7, 11) is 0. The fourth-order valence-electron chi connectivity index (χ4n) is 5.24. The molecule has 0 aromatic heterocycles. The van der Waals surface area contributed by atoms with Gasteiger partial charge in [0.1, 0.15) is 17.4 Å². The van der Waals surface area contributed by atoms with Crippen molar-refractivity contribution in [3.8, 4) is 0 Å². The lowest BCUT2D eigenvalue weighted by molar-refractivity contribution is -0.175. The molecule has 1 amide bonds. The number of hydrogen-bond acceptors (Lipinski definition) is 7. The molecule has 152 valence electrons. The van der Waals surface area contributed by atoms with Crippen LogP contribution in [-0.4, -0.2) is 49.6 Å². The minimum Gasteiger partial charge on any atom is -0.508 e. The maximum absolute atomic E-state index is 13.1. The lowest BCUT2D eigenvalue weighted by Gasteiger charge is -2.49. The summed E-state index contributed by atoms with van der Waals surface area (Å²) in [6.07, 6.45) is 3.06. The molecule has 28 heavy (non-hydrogen) atoms. The van der Waals surface area contributed by atoms with E-state index in [1.54, 1.807) is 6.08 Å². The van der Waals surface area contributed by atoms with Crippen LogP contribution in [-0.2, 0) is 14.4 Å². The Morgan fingerprint density at radius 2 is 1.79 bits per heavy atom. The number of primary amides is 1. The first-order chi connectivity index (χ1) is 12.7. The van der Waals surface area contributed by atoms with Gasteiger partial charge in [-0.2, -0.15) is 0 Å². The van der Waals surface area contributed by atoms with Gasteiger partial charge in [-0.05, 0) is 43.6 Å². The van der Waals surface area contributed by atoms with Crippen LogP contribution in [0.15, 0.2) is 34.8 Å².